The van der Waals surface area contributed by atoms with Crippen molar-refractivity contribution in [3.63, 3.8) is 0 Å². The molecule has 2 aromatic carbocycles. The number of esters is 1. The van der Waals surface area contributed by atoms with Crippen molar-refractivity contribution in [1.82, 2.24) is 15.1 Å². The van der Waals surface area contributed by atoms with E-state index < -0.39 is 36.1 Å². The number of imide groups is 1. The second-order valence-corrected chi connectivity index (χ2v) is 8.02. The molecule has 1 atom stereocenters. The lowest BCUT2D eigenvalue weighted by molar-refractivity contribution is -0.145. The second kappa shape index (κ2) is 9.93. The summed E-state index contributed by atoms with van der Waals surface area (Å²) in [5.41, 5.74) is -0.381. The summed E-state index contributed by atoms with van der Waals surface area (Å²) in [7, 11) is 1.20. The van der Waals surface area contributed by atoms with Crippen molar-refractivity contribution >= 4 is 17.9 Å². The zero-order chi connectivity index (χ0) is 23.3. The molecule has 3 rings (SSSR count). The highest BCUT2D eigenvalue weighted by atomic mass is 16.5. The molecule has 2 aromatic rings. The summed E-state index contributed by atoms with van der Waals surface area (Å²) < 4.78 is 4.71. The number of hydrogen-bond donors (Lipinski definition) is 2. The number of nitrogens with one attached hydrogen (secondary N) is 1. The van der Waals surface area contributed by atoms with E-state index in [0.717, 1.165) is 4.90 Å². The number of aliphatic hydroxyl groups excluding tert-OH is 1. The first-order chi connectivity index (χ1) is 15.3. The van der Waals surface area contributed by atoms with Crippen LogP contribution in [0.25, 0.3) is 0 Å². The number of ether oxygens (including phenoxy) is 1. The maximum atomic E-state index is 13.9. The lowest BCUT2D eigenvalue weighted by Crippen LogP contribution is -2.52. The van der Waals surface area contributed by atoms with Crippen LogP contribution in [0.2, 0.25) is 0 Å². The van der Waals surface area contributed by atoms with Gasteiger partial charge in [0.05, 0.1) is 19.8 Å². The minimum absolute atomic E-state index is 0.105. The second-order valence-electron chi connectivity index (χ2n) is 8.02. The number of amides is 3. The standard InChI is InChI=1S/C24H29N3O5/c1-17(2)25-14-20(28)15-27-23(31)26(16-21(29)32-3)22(30)24(27,18-10-6-4-7-11-18)19-12-8-5-9-13-19/h4-13,17,20,25,28H,14-16H2,1-3H3. The first kappa shape index (κ1) is 23.4. The molecule has 0 bridgehead atoms. The van der Waals surface area contributed by atoms with E-state index in [1.807, 2.05) is 26.0 Å². The summed E-state index contributed by atoms with van der Waals surface area (Å²) in [5.74, 6) is -1.26. The molecule has 2 N–H and O–H groups in total. The molecule has 1 aliphatic heterocycles. The Morgan fingerprint density at radius 3 is 2.03 bits per heavy atom. The van der Waals surface area contributed by atoms with E-state index in [1.54, 1.807) is 48.5 Å². The van der Waals surface area contributed by atoms with Crippen LogP contribution >= 0.6 is 0 Å². The van der Waals surface area contributed by atoms with Gasteiger partial charge in [-0.3, -0.25) is 19.4 Å². The van der Waals surface area contributed by atoms with Gasteiger partial charge >= 0.3 is 12.0 Å². The van der Waals surface area contributed by atoms with Crippen LogP contribution in [0.3, 0.4) is 0 Å². The number of methoxy groups -OCH3 is 1. The average molecular weight is 440 g/mol. The van der Waals surface area contributed by atoms with Gasteiger partial charge in [-0.15, -0.1) is 0 Å². The van der Waals surface area contributed by atoms with Gasteiger partial charge < -0.3 is 15.2 Å². The van der Waals surface area contributed by atoms with Crippen LogP contribution in [0.4, 0.5) is 4.79 Å². The largest absolute Gasteiger partial charge is 0.468 e. The van der Waals surface area contributed by atoms with E-state index >= 15 is 0 Å². The first-order valence-corrected chi connectivity index (χ1v) is 10.5. The van der Waals surface area contributed by atoms with Crippen molar-refractivity contribution in [2.75, 3.05) is 26.7 Å². The van der Waals surface area contributed by atoms with Crippen LogP contribution in [0, 0.1) is 0 Å². The molecule has 0 aromatic heterocycles. The summed E-state index contributed by atoms with van der Waals surface area (Å²) in [6.07, 6.45) is -0.931. The minimum atomic E-state index is -1.52. The normalized spacial score (nSPS) is 16.5. The predicted molar refractivity (Wildman–Crippen MR) is 119 cm³/mol. The summed E-state index contributed by atoms with van der Waals surface area (Å²) in [5, 5.41) is 13.9. The Hall–Kier alpha value is -3.23. The minimum Gasteiger partial charge on any atom is -0.468 e. The van der Waals surface area contributed by atoms with Crippen LogP contribution in [0.1, 0.15) is 25.0 Å². The van der Waals surface area contributed by atoms with E-state index in [-0.39, 0.29) is 19.1 Å². The quantitative estimate of drug-likeness (QED) is 0.456. The lowest BCUT2D eigenvalue weighted by Gasteiger charge is -2.37. The summed E-state index contributed by atoms with van der Waals surface area (Å²) in [6, 6.07) is 17.4. The number of hydrogen-bond acceptors (Lipinski definition) is 6. The van der Waals surface area contributed by atoms with Crippen LogP contribution < -0.4 is 5.32 Å². The molecule has 32 heavy (non-hydrogen) atoms. The third-order valence-corrected chi connectivity index (χ3v) is 5.47. The Kier molecular flexibility index (Phi) is 7.27. The smallest absolute Gasteiger partial charge is 0.328 e. The van der Waals surface area contributed by atoms with Gasteiger partial charge in [0.15, 0.2) is 5.54 Å². The van der Waals surface area contributed by atoms with Gasteiger partial charge in [-0.1, -0.05) is 74.5 Å². The number of urea groups is 1. The van der Waals surface area contributed by atoms with E-state index in [4.69, 9.17) is 4.74 Å². The zero-order valence-corrected chi connectivity index (χ0v) is 18.5. The first-order valence-electron chi connectivity index (χ1n) is 10.5. The molecule has 1 heterocycles. The third kappa shape index (κ3) is 4.37. The van der Waals surface area contributed by atoms with E-state index in [9.17, 15) is 19.5 Å². The van der Waals surface area contributed by atoms with Crippen molar-refractivity contribution < 1.29 is 24.2 Å². The predicted octanol–water partition coefficient (Wildman–Crippen LogP) is 1.73. The Labute approximate surface area is 187 Å². The molecular weight excluding hydrogens is 410 g/mol. The van der Waals surface area contributed by atoms with E-state index in [1.165, 1.54) is 12.0 Å². The van der Waals surface area contributed by atoms with Gasteiger partial charge in [-0.05, 0) is 11.1 Å². The average Bonchev–Trinajstić information content (AvgIpc) is 3.00. The van der Waals surface area contributed by atoms with Crippen molar-refractivity contribution in [2.45, 2.75) is 31.5 Å². The molecule has 0 saturated carbocycles. The fourth-order valence-electron chi connectivity index (χ4n) is 3.97. The maximum absolute atomic E-state index is 13.9. The van der Waals surface area contributed by atoms with Crippen molar-refractivity contribution in [2.24, 2.45) is 0 Å². The van der Waals surface area contributed by atoms with Crippen molar-refractivity contribution in [1.29, 1.82) is 0 Å². The van der Waals surface area contributed by atoms with Crippen LogP contribution in [-0.4, -0.2) is 71.7 Å². The van der Waals surface area contributed by atoms with Gasteiger partial charge in [0.25, 0.3) is 5.91 Å². The molecule has 1 unspecified atom stereocenters. The molecule has 0 spiro atoms. The van der Waals surface area contributed by atoms with Crippen LogP contribution in [0.15, 0.2) is 60.7 Å². The van der Waals surface area contributed by atoms with Gasteiger partial charge in [0, 0.05) is 12.6 Å². The fourth-order valence-corrected chi connectivity index (χ4v) is 3.97. The lowest BCUT2D eigenvalue weighted by atomic mass is 9.81. The molecule has 3 amide bonds. The Bertz CT molecular complexity index is 909. The number of carbonyl (C=O) groups excluding carboxylic acids is 3. The molecule has 0 aliphatic carbocycles. The van der Waals surface area contributed by atoms with Gasteiger partial charge in [-0.25, -0.2) is 4.79 Å². The summed E-state index contributed by atoms with van der Waals surface area (Å²) in [4.78, 5) is 41.7. The van der Waals surface area contributed by atoms with Gasteiger partial charge in [-0.2, -0.15) is 0 Å². The number of aliphatic hydroxyl groups is 1. The maximum Gasteiger partial charge on any atom is 0.328 e. The number of β-amino-alcohol motifs (C(OH)–C–C–N with tert-alkyl or cyclic N) is 1. The summed E-state index contributed by atoms with van der Waals surface area (Å²) >= 11 is 0. The highest BCUT2D eigenvalue weighted by molar-refractivity contribution is 6.11. The van der Waals surface area contributed by atoms with Crippen molar-refractivity contribution in [3.8, 4) is 0 Å². The Balaban J connectivity index is 2.15. The number of rotatable bonds is 9. The molecule has 0 radical (unpaired) electrons. The Morgan fingerprint density at radius 1 is 1.03 bits per heavy atom. The number of benzene rings is 2. The highest BCUT2D eigenvalue weighted by Crippen LogP contribution is 2.43. The third-order valence-electron chi connectivity index (χ3n) is 5.47. The van der Waals surface area contributed by atoms with Gasteiger partial charge in [0.1, 0.15) is 6.54 Å². The zero-order valence-electron chi connectivity index (χ0n) is 18.5. The van der Waals surface area contributed by atoms with Crippen LogP contribution in [0.5, 0.6) is 0 Å². The number of nitrogens with zero attached hydrogens (tertiary/aromatic N) is 2. The van der Waals surface area contributed by atoms with Crippen molar-refractivity contribution in [3.05, 3.63) is 71.8 Å². The molecule has 170 valence electrons. The SMILES string of the molecule is COC(=O)CN1C(=O)N(CC(O)CNC(C)C)C(c2ccccc2)(c2ccccc2)C1=O. The van der Waals surface area contributed by atoms with E-state index in [2.05, 4.69) is 5.32 Å². The molecular formula is C24H29N3O5. The molecule has 1 fully saturated rings. The Morgan fingerprint density at radius 2 is 1.56 bits per heavy atom. The molecule has 8 nitrogen and oxygen atoms in total. The highest BCUT2D eigenvalue weighted by Gasteiger charge is 2.60. The monoisotopic (exact) mass is 439 g/mol. The molecule has 1 aliphatic rings. The van der Waals surface area contributed by atoms with E-state index in [0.29, 0.717) is 11.1 Å². The topological polar surface area (TPSA) is 99.2 Å². The summed E-state index contributed by atoms with van der Waals surface area (Å²) in [6.45, 7) is 3.53. The van der Waals surface area contributed by atoms with Gasteiger partial charge in [0.2, 0.25) is 0 Å². The van der Waals surface area contributed by atoms with Crippen LogP contribution in [-0.2, 0) is 19.9 Å². The number of carbonyl (C=O) groups is 3. The molecule has 1 saturated heterocycles. The fraction of sp³-hybridized carbons (Fsp3) is 0.375. The molecule has 8 heteroatoms.